The van der Waals surface area contributed by atoms with Crippen LogP contribution in [0.4, 0.5) is 0 Å². The van der Waals surface area contributed by atoms with Gasteiger partial charge in [0.2, 0.25) is 0 Å². The number of nitriles is 1. The van der Waals surface area contributed by atoms with Crippen molar-refractivity contribution in [3.63, 3.8) is 0 Å². The van der Waals surface area contributed by atoms with E-state index in [1.807, 2.05) is 37.3 Å². The monoisotopic (exact) mass is 250 g/mol. The molecule has 0 amide bonds. The lowest BCUT2D eigenvalue weighted by Gasteiger charge is -2.22. The molecule has 4 heteroatoms. The van der Waals surface area contributed by atoms with Crippen LogP contribution in [-0.2, 0) is 5.54 Å². The molecule has 0 aliphatic heterocycles. The number of benzene rings is 1. The summed E-state index contributed by atoms with van der Waals surface area (Å²) in [6.45, 7) is 2.11. The summed E-state index contributed by atoms with van der Waals surface area (Å²) >= 11 is 1.63. The Hall–Kier alpha value is -1.02. The van der Waals surface area contributed by atoms with E-state index in [1.54, 1.807) is 11.8 Å². The summed E-state index contributed by atoms with van der Waals surface area (Å²) in [5.41, 5.74) is 6.03. The molecule has 0 aliphatic carbocycles. The van der Waals surface area contributed by atoms with E-state index in [9.17, 15) is 5.26 Å². The van der Waals surface area contributed by atoms with Gasteiger partial charge in [-0.15, -0.1) is 0 Å². The molecule has 2 atom stereocenters. The number of thioether (sulfide) groups is 1. The zero-order valence-electron chi connectivity index (χ0n) is 9.97. The minimum atomic E-state index is -0.927. The van der Waals surface area contributed by atoms with Crippen LogP contribution in [0.25, 0.3) is 0 Å². The van der Waals surface area contributed by atoms with Gasteiger partial charge in [0.1, 0.15) is 5.54 Å². The summed E-state index contributed by atoms with van der Waals surface area (Å²) < 4.78 is 0. The number of nitrogens with zero attached hydrogens (tertiary/aromatic N) is 1. The molecule has 1 aromatic rings. The summed E-state index contributed by atoms with van der Waals surface area (Å²) in [6.07, 6.45) is 0.586. The third kappa shape index (κ3) is 4.04. The van der Waals surface area contributed by atoms with Gasteiger partial charge in [-0.25, -0.2) is 0 Å². The van der Waals surface area contributed by atoms with Crippen molar-refractivity contribution in [1.29, 1.82) is 5.26 Å². The Morgan fingerprint density at radius 2 is 2.12 bits per heavy atom. The first-order valence-corrected chi connectivity index (χ1v) is 6.65. The van der Waals surface area contributed by atoms with E-state index < -0.39 is 5.54 Å². The highest BCUT2D eigenvalue weighted by Gasteiger charge is 2.26. The number of aliphatic hydroxyl groups excluding tert-OH is 1. The second-order valence-electron chi connectivity index (χ2n) is 4.06. The van der Waals surface area contributed by atoms with Crippen LogP contribution >= 0.6 is 11.8 Å². The molecule has 92 valence electrons. The van der Waals surface area contributed by atoms with Crippen molar-refractivity contribution in [3.8, 4) is 6.07 Å². The van der Waals surface area contributed by atoms with Crippen LogP contribution in [0.1, 0.15) is 18.9 Å². The largest absolute Gasteiger partial charge is 0.395 e. The van der Waals surface area contributed by atoms with Gasteiger partial charge in [0.15, 0.2) is 0 Å². The first-order chi connectivity index (χ1) is 8.12. The van der Waals surface area contributed by atoms with Gasteiger partial charge in [0, 0.05) is 5.25 Å². The molecule has 2 unspecified atom stereocenters. The van der Waals surface area contributed by atoms with Crippen molar-refractivity contribution in [2.45, 2.75) is 24.1 Å². The Kier molecular flexibility index (Phi) is 5.49. The smallest absolute Gasteiger partial charge is 0.130 e. The van der Waals surface area contributed by atoms with Gasteiger partial charge in [-0.3, -0.25) is 0 Å². The summed E-state index contributed by atoms with van der Waals surface area (Å²) in [5, 5.41) is 18.3. The van der Waals surface area contributed by atoms with Gasteiger partial charge in [-0.05, 0) is 17.7 Å². The van der Waals surface area contributed by atoms with Crippen molar-refractivity contribution in [3.05, 3.63) is 35.9 Å². The van der Waals surface area contributed by atoms with Crippen LogP contribution in [0.5, 0.6) is 0 Å². The van der Waals surface area contributed by atoms with E-state index in [4.69, 9.17) is 10.8 Å². The minimum Gasteiger partial charge on any atom is -0.395 e. The molecule has 0 saturated heterocycles. The van der Waals surface area contributed by atoms with E-state index >= 15 is 0 Å². The first kappa shape index (κ1) is 14.0. The zero-order chi connectivity index (χ0) is 12.7. The average Bonchev–Trinajstić information content (AvgIpc) is 2.39. The predicted molar refractivity (Wildman–Crippen MR) is 71.5 cm³/mol. The molecule has 0 heterocycles. The molecule has 0 aliphatic rings. The third-order valence-electron chi connectivity index (χ3n) is 2.64. The van der Waals surface area contributed by atoms with Crippen molar-refractivity contribution in [1.82, 2.24) is 0 Å². The minimum absolute atomic E-state index is 0.153. The molecule has 1 rings (SSSR count). The predicted octanol–water partition coefficient (Wildman–Crippen LogP) is 1.87. The Balaban J connectivity index is 2.62. The van der Waals surface area contributed by atoms with E-state index in [2.05, 4.69) is 6.07 Å². The molecular weight excluding hydrogens is 232 g/mol. The zero-order valence-corrected chi connectivity index (χ0v) is 10.8. The highest BCUT2D eigenvalue weighted by molar-refractivity contribution is 7.99. The third-order valence-corrected chi connectivity index (χ3v) is 3.80. The van der Waals surface area contributed by atoms with Gasteiger partial charge in [0.25, 0.3) is 0 Å². The Bertz CT molecular complexity index is 377. The maximum Gasteiger partial charge on any atom is 0.130 e. The molecule has 0 bridgehead atoms. The van der Waals surface area contributed by atoms with Gasteiger partial charge >= 0.3 is 0 Å². The molecule has 3 nitrogen and oxygen atoms in total. The van der Waals surface area contributed by atoms with Crippen LogP contribution < -0.4 is 5.73 Å². The molecule has 0 aromatic heterocycles. The molecule has 17 heavy (non-hydrogen) atoms. The fourth-order valence-corrected chi connectivity index (χ4v) is 2.42. The van der Waals surface area contributed by atoms with Gasteiger partial charge in [-0.1, -0.05) is 37.3 Å². The van der Waals surface area contributed by atoms with E-state index in [0.29, 0.717) is 6.42 Å². The molecule has 3 N–H and O–H groups in total. The lowest BCUT2D eigenvalue weighted by Crippen LogP contribution is -2.35. The lowest BCUT2D eigenvalue weighted by atomic mass is 9.90. The van der Waals surface area contributed by atoms with Gasteiger partial charge in [-0.2, -0.15) is 17.0 Å². The topological polar surface area (TPSA) is 70.0 Å². The second kappa shape index (κ2) is 6.65. The average molecular weight is 250 g/mol. The fraction of sp³-hybridized carbons (Fsp3) is 0.462. The van der Waals surface area contributed by atoms with Crippen LogP contribution in [0.15, 0.2) is 30.3 Å². The molecule has 0 radical (unpaired) electrons. The van der Waals surface area contributed by atoms with Gasteiger partial charge < -0.3 is 10.8 Å². The number of aliphatic hydroxyl groups is 1. The van der Waals surface area contributed by atoms with Gasteiger partial charge in [0.05, 0.1) is 12.7 Å². The summed E-state index contributed by atoms with van der Waals surface area (Å²) in [4.78, 5) is 0. The van der Waals surface area contributed by atoms with Crippen molar-refractivity contribution in [2.75, 3.05) is 12.4 Å². The molecule has 0 spiro atoms. The number of nitrogens with two attached hydrogens (primary N) is 1. The SMILES string of the molecule is CC(CO)SCCC(N)(C#N)c1ccccc1. The maximum absolute atomic E-state index is 9.23. The van der Waals surface area contributed by atoms with Crippen LogP contribution in [0.2, 0.25) is 0 Å². The fourth-order valence-electron chi connectivity index (χ4n) is 1.47. The van der Waals surface area contributed by atoms with Crippen LogP contribution in [0.3, 0.4) is 0 Å². The standard InChI is InChI=1S/C13H18N2OS/c1-11(9-16)17-8-7-13(15,10-14)12-5-3-2-4-6-12/h2-6,11,16H,7-9,15H2,1H3. The first-order valence-electron chi connectivity index (χ1n) is 5.60. The second-order valence-corrected chi connectivity index (χ2v) is 5.61. The molecule has 0 fully saturated rings. The Morgan fingerprint density at radius 1 is 1.47 bits per heavy atom. The van der Waals surface area contributed by atoms with Crippen LogP contribution in [0, 0.1) is 11.3 Å². The summed E-state index contributed by atoms with van der Waals surface area (Å²) in [7, 11) is 0. The molecule has 1 aromatic carbocycles. The number of rotatable bonds is 6. The van der Waals surface area contributed by atoms with Crippen LogP contribution in [-0.4, -0.2) is 22.7 Å². The number of hydrogen-bond donors (Lipinski definition) is 2. The highest BCUT2D eigenvalue weighted by atomic mass is 32.2. The summed E-state index contributed by atoms with van der Waals surface area (Å²) in [5.74, 6) is 0.765. The van der Waals surface area contributed by atoms with E-state index in [-0.39, 0.29) is 11.9 Å². The lowest BCUT2D eigenvalue weighted by molar-refractivity contribution is 0.300. The molecule has 0 saturated carbocycles. The van der Waals surface area contributed by atoms with Crippen molar-refractivity contribution < 1.29 is 5.11 Å². The molecular formula is C13H18N2OS. The van der Waals surface area contributed by atoms with E-state index in [1.165, 1.54) is 0 Å². The Morgan fingerprint density at radius 3 is 2.65 bits per heavy atom. The van der Waals surface area contributed by atoms with Crippen molar-refractivity contribution >= 4 is 11.8 Å². The maximum atomic E-state index is 9.23. The number of hydrogen-bond acceptors (Lipinski definition) is 4. The Labute approximate surface area is 107 Å². The quantitative estimate of drug-likeness (QED) is 0.808. The highest BCUT2D eigenvalue weighted by Crippen LogP contribution is 2.24. The normalized spacial score (nSPS) is 15.9. The van der Waals surface area contributed by atoms with Crippen molar-refractivity contribution in [2.24, 2.45) is 5.73 Å². The summed E-state index contributed by atoms with van der Waals surface area (Å²) in [6, 6.07) is 11.6. The van der Waals surface area contributed by atoms with E-state index in [0.717, 1.165) is 11.3 Å².